The van der Waals surface area contributed by atoms with Gasteiger partial charge in [-0.15, -0.1) is 11.3 Å². The van der Waals surface area contributed by atoms with E-state index in [9.17, 15) is 4.79 Å². The van der Waals surface area contributed by atoms with Gasteiger partial charge in [-0.05, 0) is 19.9 Å². The predicted molar refractivity (Wildman–Crippen MR) is 60.0 cm³/mol. The van der Waals surface area contributed by atoms with E-state index in [1.54, 1.807) is 17.5 Å². The van der Waals surface area contributed by atoms with Crippen LogP contribution < -0.4 is 0 Å². The maximum absolute atomic E-state index is 10.7. The molecular weight excluding hydrogens is 212 g/mol. The monoisotopic (exact) mass is 228 g/mol. The van der Waals surface area contributed by atoms with Crippen molar-refractivity contribution < 1.29 is 9.90 Å². The maximum Gasteiger partial charge on any atom is 0.317 e. The molecule has 1 unspecified atom stereocenters. The Balaban J connectivity index is 2.66. The van der Waals surface area contributed by atoms with Crippen LogP contribution in [0, 0.1) is 0 Å². The Labute approximate surface area is 93.6 Å². The third-order valence-electron chi connectivity index (χ3n) is 2.21. The fourth-order valence-electron chi connectivity index (χ4n) is 1.47. The van der Waals surface area contributed by atoms with Crippen LogP contribution in [0.15, 0.2) is 11.6 Å². The number of carbonyl (C=O) groups is 1. The molecule has 5 heteroatoms. The summed E-state index contributed by atoms with van der Waals surface area (Å²) in [6.07, 6.45) is 2.70. The Kier molecular flexibility index (Phi) is 4.71. The average molecular weight is 228 g/mol. The van der Waals surface area contributed by atoms with Crippen LogP contribution in [-0.2, 0) is 4.79 Å². The molecule has 84 valence electrons. The highest BCUT2D eigenvalue weighted by molar-refractivity contribution is 7.09. The average Bonchev–Trinajstić information content (AvgIpc) is 2.68. The van der Waals surface area contributed by atoms with Crippen molar-refractivity contribution in [3.8, 4) is 0 Å². The quantitative estimate of drug-likeness (QED) is 0.809. The Hall–Kier alpha value is -0.940. The molecule has 0 aromatic carbocycles. The van der Waals surface area contributed by atoms with E-state index >= 15 is 0 Å². The molecule has 15 heavy (non-hydrogen) atoms. The summed E-state index contributed by atoms with van der Waals surface area (Å²) in [4.78, 5) is 16.8. The van der Waals surface area contributed by atoms with Crippen molar-refractivity contribution in [1.29, 1.82) is 0 Å². The Morgan fingerprint density at radius 2 is 2.47 bits per heavy atom. The second-order valence-electron chi connectivity index (χ2n) is 3.41. The van der Waals surface area contributed by atoms with Gasteiger partial charge in [0.2, 0.25) is 0 Å². The summed E-state index contributed by atoms with van der Waals surface area (Å²) in [6.45, 7) is 4.91. The predicted octanol–water partition coefficient (Wildman–Crippen LogP) is 2.00. The Morgan fingerprint density at radius 1 is 1.73 bits per heavy atom. The van der Waals surface area contributed by atoms with Crippen molar-refractivity contribution in [3.63, 3.8) is 0 Å². The van der Waals surface area contributed by atoms with E-state index in [2.05, 4.69) is 4.98 Å². The molecule has 0 aliphatic rings. The standard InChI is InChI=1S/C10H16N2O2S/c1-3-5-12(7-9(13)14)8(2)10-11-4-6-15-10/h4,6,8H,3,5,7H2,1-2H3,(H,13,14). The number of aromatic nitrogens is 1. The topological polar surface area (TPSA) is 53.4 Å². The molecule has 0 saturated carbocycles. The number of carboxylic acid groups (broad SMARTS) is 1. The van der Waals surface area contributed by atoms with Crippen molar-refractivity contribution in [2.45, 2.75) is 26.3 Å². The number of carboxylic acids is 1. The van der Waals surface area contributed by atoms with Gasteiger partial charge in [0, 0.05) is 11.6 Å². The normalized spacial score (nSPS) is 13.0. The van der Waals surface area contributed by atoms with Crippen LogP contribution in [-0.4, -0.2) is 34.0 Å². The van der Waals surface area contributed by atoms with E-state index in [1.807, 2.05) is 24.1 Å². The summed E-state index contributed by atoms with van der Waals surface area (Å²) in [6, 6.07) is 0.0843. The molecule has 1 heterocycles. The van der Waals surface area contributed by atoms with Gasteiger partial charge in [-0.25, -0.2) is 4.98 Å². The van der Waals surface area contributed by atoms with Gasteiger partial charge in [0.1, 0.15) is 5.01 Å². The zero-order valence-electron chi connectivity index (χ0n) is 9.01. The summed E-state index contributed by atoms with van der Waals surface area (Å²) >= 11 is 1.57. The molecule has 0 saturated heterocycles. The first-order valence-corrected chi connectivity index (χ1v) is 5.88. The highest BCUT2D eigenvalue weighted by Crippen LogP contribution is 2.21. The van der Waals surface area contributed by atoms with Crippen LogP contribution >= 0.6 is 11.3 Å². The third-order valence-corrected chi connectivity index (χ3v) is 3.15. The third kappa shape index (κ3) is 3.60. The van der Waals surface area contributed by atoms with E-state index in [0.29, 0.717) is 0 Å². The zero-order chi connectivity index (χ0) is 11.3. The van der Waals surface area contributed by atoms with E-state index in [-0.39, 0.29) is 12.6 Å². The lowest BCUT2D eigenvalue weighted by Crippen LogP contribution is -2.33. The summed E-state index contributed by atoms with van der Waals surface area (Å²) in [5.41, 5.74) is 0. The summed E-state index contributed by atoms with van der Waals surface area (Å²) in [7, 11) is 0. The first kappa shape index (κ1) is 12.1. The summed E-state index contributed by atoms with van der Waals surface area (Å²) in [5.74, 6) is -0.785. The number of aliphatic carboxylic acids is 1. The fraction of sp³-hybridized carbons (Fsp3) is 0.600. The van der Waals surface area contributed by atoms with Crippen LogP contribution in [0.5, 0.6) is 0 Å². The minimum absolute atomic E-state index is 0.0780. The van der Waals surface area contributed by atoms with Crippen molar-refractivity contribution in [1.82, 2.24) is 9.88 Å². The molecule has 0 radical (unpaired) electrons. The number of nitrogens with zero attached hydrogens (tertiary/aromatic N) is 2. The van der Waals surface area contributed by atoms with Crippen LogP contribution in [0.4, 0.5) is 0 Å². The molecule has 0 amide bonds. The van der Waals surface area contributed by atoms with Gasteiger partial charge in [-0.3, -0.25) is 9.69 Å². The largest absolute Gasteiger partial charge is 0.480 e. The number of rotatable bonds is 6. The van der Waals surface area contributed by atoms with Gasteiger partial charge in [-0.2, -0.15) is 0 Å². The lowest BCUT2D eigenvalue weighted by atomic mass is 10.2. The second-order valence-corrected chi connectivity index (χ2v) is 4.34. The Morgan fingerprint density at radius 3 is 2.93 bits per heavy atom. The van der Waals surface area contributed by atoms with Gasteiger partial charge in [0.05, 0.1) is 12.6 Å². The van der Waals surface area contributed by atoms with Gasteiger partial charge < -0.3 is 5.11 Å². The molecule has 0 aliphatic carbocycles. The van der Waals surface area contributed by atoms with E-state index < -0.39 is 5.97 Å². The molecular formula is C10H16N2O2S. The smallest absolute Gasteiger partial charge is 0.317 e. The minimum atomic E-state index is -0.785. The molecule has 1 aromatic rings. The molecule has 0 fully saturated rings. The van der Waals surface area contributed by atoms with Gasteiger partial charge in [0.15, 0.2) is 0 Å². The first-order valence-electron chi connectivity index (χ1n) is 5.00. The number of hydrogen-bond acceptors (Lipinski definition) is 4. The highest BCUT2D eigenvalue weighted by atomic mass is 32.1. The zero-order valence-corrected chi connectivity index (χ0v) is 9.83. The lowest BCUT2D eigenvalue weighted by molar-refractivity contribution is -0.138. The van der Waals surface area contributed by atoms with Crippen molar-refractivity contribution in [2.75, 3.05) is 13.1 Å². The van der Waals surface area contributed by atoms with Crippen LogP contribution in [0.1, 0.15) is 31.3 Å². The SMILES string of the molecule is CCCN(CC(=O)O)C(C)c1nccs1. The van der Waals surface area contributed by atoms with Crippen LogP contribution in [0.2, 0.25) is 0 Å². The van der Waals surface area contributed by atoms with E-state index in [0.717, 1.165) is 18.0 Å². The Bertz CT molecular complexity index is 300. The molecule has 1 atom stereocenters. The molecule has 1 aromatic heterocycles. The van der Waals surface area contributed by atoms with Crippen LogP contribution in [0.25, 0.3) is 0 Å². The van der Waals surface area contributed by atoms with Gasteiger partial charge in [0.25, 0.3) is 0 Å². The fourth-order valence-corrected chi connectivity index (χ4v) is 2.20. The molecule has 1 N–H and O–H groups in total. The maximum atomic E-state index is 10.7. The van der Waals surface area contributed by atoms with Crippen molar-refractivity contribution in [2.24, 2.45) is 0 Å². The second kappa shape index (κ2) is 5.82. The molecule has 0 aliphatic heterocycles. The summed E-state index contributed by atoms with van der Waals surface area (Å²) in [5, 5.41) is 11.7. The molecule has 4 nitrogen and oxygen atoms in total. The van der Waals surface area contributed by atoms with Gasteiger partial charge in [-0.1, -0.05) is 6.92 Å². The van der Waals surface area contributed by atoms with Crippen molar-refractivity contribution >= 4 is 17.3 Å². The molecule has 0 bridgehead atoms. The summed E-state index contributed by atoms with van der Waals surface area (Å²) < 4.78 is 0. The van der Waals surface area contributed by atoms with E-state index in [4.69, 9.17) is 5.11 Å². The van der Waals surface area contributed by atoms with Crippen LogP contribution in [0.3, 0.4) is 0 Å². The minimum Gasteiger partial charge on any atom is -0.480 e. The lowest BCUT2D eigenvalue weighted by Gasteiger charge is -2.25. The number of thiazole rings is 1. The molecule has 0 spiro atoms. The highest BCUT2D eigenvalue weighted by Gasteiger charge is 2.19. The first-order chi connectivity index (χ1) is 7.15. The van der Waals surface area contributed by atoms with E-state index in [1.165, 1.54) is 0 Å². The van der Waals surface area contributed by atoms with Crippen molar-refractivity contribution in [3.05, 3.63) is 16.6 Å². The van der Waals surface area contributed by atoms with Gasteiger partial charge >= 0.3 is 5.97 Å². The molecule has 1 rings (SSSR count). The number of hydrogen-bond donors (Lipinski definition) is 1.